The van der Waals surface area contributed by atoms with E-state index >= 15 is 0 Å². The normalized spacial score (nSPS) is 14.4. The van der Waals surface area contributed by atoms with Crippen molar-refractivity contribution < 1.29 is 9.47 Å². The summed E-state index contributed by atoms with van der Waals surface area (Å²) in [4.78, 5) is 21.8. The van der Waals surface area contributed by atoms with E-state index in [0.29, 0.717) is 31.5 Å². The number of anilines is 2. The zero-order valence-corrected chi connectivity index (χ0v) is 15.9. The first-order valence-electron chi connectivity index (χ1n) is 8.76. The molecule has 1 aromatic carbocycles. The molecule has 0 N–H and O–H groups in total. The minimum atomic E-state index is 0.0162. The van der Waals surface area contributed by atoms with Gasteiger partial charge in [0.15, 0.2) is 0 Å². The van der Waals surface area contributed by atoms with Crippen molar-refractivity contribution in [1.29, 1.82) is 0 Å². The smallest absolute Gasteiger partial charge is 0.259 e. The molecule has 2 heterocycles. The number of hydrogen-bond acceptors (Lipinski definition) is 6. The number of ether oxygens (including phenoxy) is 2. The maximum atomic E-state index is 12.8. The number of methoxy groups -OCH3 is 2. The SMILES string of the molecule is COCCCN1CN(c2ccc(OC)cc2)c2nc(C)c(C)c(=O)n2C1. The van der Waals surface area contributed by atoms with E-state index in [9.17, 15) is 4.79 Å². The van der Waals surface area contributed by atoms with E-state index in [-0.39, 0.29) is 5.56 Å². The van der Waals surface area contributed by atoms with E-state index in [2.05, 4.69) is 9.80 Å². The maximum Gasteiger partial charge on any atom is 0.259 e. The Morgan fingerprint density at radius 2 is 1.85 bits per heavy atom. The highest BCUT2D eigenvalue weighted by atomic mass is 16.5. The van der Waals surface area contributed by atoms with Crippen LogP contribution < -0.4 is 15.2 Å². The lowest BCUT2D eigenvalue weighted by Crippen LogP contribution is -2.48. The maximum absolute atomic E-state index is 12.8. The fraction of sp³-hybridized carbons (Fsp3) is 0.474. The second kappa shape index (κ2) is 7.88. The lowest BCUT2D eigenvalue weighted by Gasteiger charge is -2.38. The minimum absolute atomic E-state index is 0.0162. The first kappa shape index (κ1) is 18.4. The van der Waals surface area contributed by atoms with Crippen molar-refractivity contribution in [3.05, 3.63) is 45.9 Å². The predicted molar refractivity (Wildman–Crippen MR) is 101 cm³/mol. The lowest BCUT2D eigenvalue weighted by molar-refractivity contribution is 0.150. The van der Waals surface area contributed by atoms with E-state index in [1.165, 1.54) is 0 Å². The first-order valence-corrected chi connectivity index (χ1v) is 8.76. The molecule has 26 heavy (non-hydrogen) atoms. The van der Waals surface area contributed by atoms with E-state index < -0.39 is 0 Å². The highest BCUT2D eigenvalue weighted by molar-refractivity contribution is 5.59. The Morgan fingerprint density at radius 3 is 2.50 bits per heavy atom. The van der Waals surface area contributed by atoms with Crippen LogP contribution in [0.5, 0.6) is 5.75 Å². The van der Waals surface area contributed by atoms with E-state index in [4.69, 9.17) is 14.5 Å². The molecule has 2 aromatic rings. The fourth-order valence-corrected chi connectivity index (χ4v) is 3.12. The Labute approximate surface area is 153 Å². The highest BCUT2D eigenvalue weighted by Crippen LogP contribution is 2.29. The van der Waals surface area contributed by atoms with Gasteiger partial charge in [-0.3, -0.25) is 19.2 Å². The van der Waals surface area contributed by atoms with E-state index in [1.807, 2.05) is 38.1 Å². The molecule has 0 bridgehead atoms. The number of fused-ring (bicyclic) bond motifs is 1. The third-order valence-corrected chi connectivity index (χ3v) is 4.75. The zero-order valence-electron chi connectivity index (χ0n) is 15.9. The van der Waals surface area contributed by atoms with Gasteiger partial charge in [-0.25, -0.2) is 4.98 Å². The molecule has 7 heteroatoms. The van der Waals surface area contributed by atoms with Gasteiger partial charge >= 0.3 is 0 Å². The van der Waals surface area contributed by atoms with Crippen LogP contribution in [0.2, 0.25) is 0 Å². The molecule has 140 valence electrons. The molecule has 0 amide bonds. The lowest BCUT2D eigenvalue weighted by atomic mass is 10.2. The number of aromatic nitrogens is 2. The van der Waals surface area contributed by atoms with Gasteiger partial charge in [-0.05, 0) is 44.5 Å². The Bertz CT molecular complexity index is 817. The van der Waals surface area contributed by atoms with Crippen LogP contribution >= 0.6 is 0 Å². The van der Waals surface area contributed by atoms with Crippen molar-refractivity contribution in [1.82, 2.24) is 14.5 Å². The summed E-state index contributed by atoms with van der Waals surface area (Å²) < 4.78 is 12.2. The van der Waals surface area contributed by atoms with Crippen LogP contribution in [0.1, 0.15) is 17.7 Å². The molecule has 7 nitrogen and oxygen atoms in total. The number of rotatable bonds is 6. The van der Waals surface area contributed by atoms with Crippen molar-refractivity contribution in [3.63, 3.8) is 0 Å². The van der Waals surface area contributed by atoms with Crippen LogP contribution in [0, 0.1) is 13.8 Å². The van der Waals surface area contributed by atoms with Gasteiger partial charge in [-0.2, -0.15) is 0 Å². The van der Waals surface area contributed by atoms with Gasteiger partial charge in [0.25, 0.3) is 5.56 Å². The summed E-state index contributed by atoms with van der Waals surface area (Å²) in [7, 11) is 3.35. The summed E-state index contributed by atoms with van der Waals surface area (Å²) in [5, 5.41) is 0. The fourth-order valence-electron chi connectivity index (χ4n) is 3.12. The second-order valence-corrected chi connectivity index (χ2v) is 6.51. The topological polar surface area (TPSA) is 59.8 Å². The zero-order chi connectivity index (χ0) is 18.7. The van der Waals surface area contributed by atoms with E-state index in [0.717, 1.165) is 30.1 Å². The van der Waals surface area contributed by atoms with Gasteiger partial charge in [-0.1, -0.05) is 0 Å². The average Bonchev–Trinajstić information content (AvgIpc) is 2.66. The number of nitrogens with zero attached hydrogens (tertiary/aromatic N) is 4. The molecular weight excluding hydrogens is 332 g/mol. The van der Waals surface area contributed by atoms with Crippen LogP contribution in [-0.4, -0.2) is 48.5 Å². The summed E-state index contributed by atoms with van der Waals surface area (Å²) >= 11 is 0. The van der Waals surface area contributed by atoms with Gasteiger partial charge in [0, 0.05) is 37.2 Å². The molecule has 1 aliphatic heterocycles. The number of hydrogen-bond donors (Lipinski definition) is 0. The predicted octanol–water partition coefficient (Wildman–Crippen LogP) is 2.27. The Morgan fingerprint density at radius 1 is 1.12 bits per heavy atom. The highest BCUT2D eigenvalue weighted by Gasteiger charge is 2.26. The molecule has 0 fully saturated rings. The first-order chi connectivity index (χ1) is 12.5. The number of aryl methyl sites for hydroxylation is 1. The molecule has 0 saturated heterocycles. The summed E-state index contributed by atoms with van der Waals surface area (Å²) in [6.07, 6.45) is 0.912. The minimum Gasteiger partial charge on any atom is -0.497 e. The van der Waals surface area contributed by atoms with Crippen LogP contribution in [-0.2, 0) is 11.4 Å². The standard InChI is InChI=1S/C19H26N4O3/c1-14-15(2)20-19-22(16-6-8-17(26-4)9-7-16)12-21(10-5-11-25-3)13-23(19)18(14)24/h6-9H,5,10-13H2,1-4H3. The quantitative estimate of drug-likeness (QED) is 0.739. The van der Waals surface area contributed by atoms with Gasteiger partial charge < -0.3 is 9.47 Å². The monoisotopic (exact) mass is 358 g/mol. The van der Waals surface area contributed by atoms with Crippen LogP contribution in [0.4, 0.5) is 11.6 Å². The Hall–Kier alpha value is -2.38. The number of benzene rings is 1. The van der Waals surface area contributed by atoms with Gasteiger partial charge in [0.1, 0.15) is 5.75 Å². The summed E-state index contributed by atoms with van der Waals surface area (Å²) in [6, 6.07) is 7.82. The largest absolute Gasteiger partial charge is 0.497 e. The third kappa shape index (κ3) is 3.59. The Kier molecular flexibility index (Phi) is 5.58. The molecule has 0 radical (unpaired) electrons. The Balaban J connectivity index is 2.00. The molecule has 1 aliphatic rings. The van der Waals surface area contributed by atoms with Crippen LogP contribution in [0.15, 0.2) is 29.1 Å². The molecule has 0 atom stereocenters. The summed E-state index contributed by atoms with van der Waals surface area (Å²) in [6.45, 7) is 6.48. The van der Waals surface area contributed by atoms with Crippen LogP contribution in [0.3, 0.4) is 0 Å². The van der Waals surface area contributed by atoms with Gasteiger partial charge in [-0.15, -0.1) is 0 Å². The van der Waals surface area contributed by atoms with Crippen LogP contribution in [0.25, 0.3) is 0 Å². The van der Waals surface area contributed by atoms with Crippen molar-refractivity contribution >= 4 is 11.6 Å². The van der Waals surface area contributed by atoms with Gasteiger partial charge in [0.05, 0.1) is 20.4 Å². The average molecular weight is 358 g/mol. The molecule has 0 unspecified atom stereocenters. The second-order valence-electron chi connectivity index (χ2n) is 6.51. The molecular formula is C19H26N4O3. The van der Waals surface area contributed by atoms with Crippen molar-refractivity contribution in [2.24, 2.45) is 0 Å². The molecule has 0 spiro atoms. The van der Waals surface area contributed by atoms with E-state index in [1.54, 1.807) is 18.8 Å². The molecule has 1 aromatic heterocycles. The van der Waals surface area contributed by atoms with Crippen molar-refractivity contribution in [2.75, 3.05) is 38.9 Å². The van der Waals surface area contributed by atoms with Gasteiger partial charge in [0.2, 0.25) is 5.95 Å². The van der Waals surface area contributed by atoms with Crippen molar-refractivity contribution in [3.8, 4) is 5.75 Å². The third-order valence-electron chi connectivity index (χ3n) is 4.75. The van der Waals surface area contributed by atoms with Crippen molar-refractivity contribution in [2.45, 2.75) is 26.9 Å². The molecule has 0 saturated carbocycles. The summed E-state index contributed by atoms with van der Waals surface area (Å²) in [5.74, 6) is 1.49. The molecule has 0 aliphatic carbocycles. The summed E-state index contributed by atoms with van der Waals surface area (Å²) in [5.41, 5.74) is 2.46. The molecule has 3 rings (SSSR count).